The summed E-state index contributed by atoms with van der Waals surface area (Å²) in [6.07, 6.45) is 3.48. The Morgan fingerprint density at radius 1 is 1.50 bits per heavy atom. The van der Waals surface area contributed by atoms with Crippen molar-refractivity contribution in [3.8, 4) is 5.95 Å². The molecule has 1 unspecified atom stereocenters. The minimum atomic E-state index is -0.332. The van der Waals surface area contributed by atoms with Crippen LogP contribution in [0.2, 0.25) is 0 Å². The first-order valence-corrected chi connectivity index (χ1v) is 4.77. The summed E-state index contributed by atoms with van der Waals surface area (Å²) in [5, 5.41) is 17.5. The molecule has 0 aliphatic carbocycles. The minimum absolute atomic E-state index is 0.0557. The molecule has 82 valence electrons. The molecule has 0 bridgehead atoms. The van der Waals surface area contributed by atoms with E-state index in [1.165, 1.54) is 22.0 Å². The Labute approximate surface area is 89.5 Å². The Bertz CT molecular complexity index is 502. The number of hydrogen-bond acceptors (Lipinski definition) is 6. The highest BCUT2D eigenvalue weighted by Crippen LogP contribution is 2.17. The van der Waals surface area contributed by atoms with Gasteiger partial charge in [-0.15, -0.1) is 5.10 Å². The lowest BCUT2D eigenvalue weighted by Crippen LogP contribution is -2.24. The maximum atomic E-state index is 11.5. The molecule has 3 heterocycles. The summed E-state index contributed by atoms with van der Waals surface area (Å²) >= 11 is 0. The fourth-order valence-electron chi connectivity index (χ4n) is 1.70. The van der Waals surface area contributed by atoms with Crippen LogP contribution in [0, 0.1) is 0 Å². The Kier molecular flexibility index (Phi) is 1.88. The third-order valence-corrected chi connectivity index (χ3v) is 2.42. The van der Waals surface area contributed by atoms with Gasteiger partial charge >= 0.3 is 0 Å². The van der Waals surface area contributed by atoms with Crippen molar-refractivity contribution < 1.29 is 4.79 Å². The molecule has 0 spiro atoms. The first kappa shape index (κ1) is 8.95. The molecule has 1 saturated heterocycles. The number of amides is 1. The van der Waals surface area contributed by atoms with Gasteiger partial charge in [-0.3, -0.25) is 4.79 Å². The summed E-state index contributed by atoms with van der Waals surface area (Å²) in [6, 6.07) is -0.332. The summed E-state index contributed by atoms with van der Waals surface area (Å²) in [4.78, 5) is 15.6. The van der Waals surface area contributed by atoms with Gasteiger partial charge in [0.05, 0.1) is 0 Å². The molecule has 1 fully saturated rings. The van der Waals surface area contributed by atoms with Gasteiger partial charge in [-0.2, -0.15) is 14.8 Å². The van der Waals surface area contributed by atoms with E-state index in [9.17, 15) is 4.79 Å². The van der Waals surface area contributed by atoms with Crippen molar-refractivity contribution in [2.24, 2.45) is 0 Å². The Morgan fingerprint density at radius 3 is 3.12 bits per heavy atom. The molecule has 16 heavy (non-hydrogen) atoms. The van der Waals surface area contributed by atoms with Crippen LogP contribution in [0.3, 0.4) is 0 Å². The highest BCUT2D eigenvalue weighted by molar-refractivity contribution is 5.82. The smallest absolute Gasteiger partial charge is 0.252 e. The Hall–Kier alpha value is -2.32. The SMILES string of the molecule is O=C1NCCC1n1ncnc1-n1cnnn1. The van der Waals surface area contributed by atoms with E-state index in [4.69, 9.17) is 0 Å². The van der Waals surface area contributed by atoms with Gasteiger partial charge in [0, 0.05) is 6.54 Å². The van der Waals surface area contributed by atoms with Crippen LogP contribution in [0.25, 0.3) is 5.95 Å². The lowest BCUT2D eigenvalue weighted by atomic mass is 10.2. The summed E-state index contributed by atoms with van der Waals surface area (Å²) in [5.74, 6) is 0.381. The number of carbonyl (C=O) groups is 1. The normalized spacial score (nSPS) is 20.0. The van der Waals surface area contributed by atoms with E-state index < -0.39 is 0 Å². The highest BCUT2D eigenvalue weighted by atomic mass is 16.2. The molecular weight excluding hydrogens is 212 g/mol. The van der Waals surface area contributed by atoms with E-state index in [0.29, 0.717) is 18.9 Å². The van der Waals surface area contributed by atoms with Crippen molar-refractivity contribution in [3.63, 3.8) is 0 Å². The fraction of sp³-hybridized carbons (Fsp3) is 0.429. The van der Waals surface area contributed by atoms with E-state index in [1.807, 2.05) is 0 Å². The topological polar surface area (TPSA) is 103 Å². The molecule has 0 aromatic carbocycles. The summed E-state index contributed by atoms with van der Waals surface area (Å²) in [6.45, 7) is 0.651. The van der Waals surface area contributed by atoms with Gasteiger partial charge in [-0.25, -0.2) is 4.68 Å². The number of carbonyl (C=O) groups excluding carboxylic acids is 1. The molecule has 1 amide bonds. The maximum absolute atomic E-state index is 11.5. The van der Waals surface area contributed by atoms with Crippen molar-refractivity contribution in [1.29, 1.82) is 0 Å². The molecule has 2 aromatic rings. The summed E-state index contributed by atoms with van der Waals surface area (Å²) in [5.41, 5.74) is 0. The average molecular weight is 220 g/mol. The van der Waals surface area contributed by atoms with Gasteiger partial charge < -0.3 is 5.32 Å². The maximum Gasteiger partial charge on any atom is 0.252 e. The Morgan fingerprint density at radius 2 is 2.44 bits per heavy atom. The number of aromatic nitrogens is 7. The molecule has 9 heteroatoms. The standard InChI is InChI=1S/C7H8N8O/c16-6-5(1-2-8-6)15-7(9-3-11-15)14-4-10-12-13-14/h3-5H,1-2H2,(H,8,16). The lowest BCUT2D eigenvalue weighted by Gasteiger charge is -2.09. The molecule has 3 rings (SSSR count). The van der Waals surface area contributed by atoms with E-state index in [2.05, 4.69) is 30.9 Å². The molecule has 1 N–H and O–H groups in total. The molecule has 1 aliphatic heterocycles. The van der Waals surface area contributed by atoms with Crippen molar-refractivity contribution >= 4 is 5.91 Å². The molecule has 1 aliphatic rings. The van der Waals surface area contributed by atoms with Crippen molar-refractivity contribution in [2.75, 3.05) is 6.54 Å². The van der Waals surface area contributed by atoms with Gasteiger partial charge in [-0.1, -0.05) is 0 Å². The van der Waals surface area contributed by atoms with Crippen LogP contribution in [0.4, 0.5) is 0 Å². The zero-order valence-electron chi connectivity index (χ0n) is 8.19. The zero-order valence-corrected chi connectivity index (χ0v) is 8.19. The third kappa shape index (κ3) is 1.25. The second-order valence-electron chi connectivity index (χ2n) is 3.35. The third-order valence-electron chi connectivity index (χ3n) is 2.42. The minimum Gasteiger partial charge on any atom is -0.354 e. The second-order valence-corrected chi connectivity index (χ2v) is 3.35. The van der Waals surface area contributed by atoms with Crippen LogP contribution < -0.4 is 5.32 Å². The molecule has 1 atom stereocenters. The number of hydrogen-bond donors (Lipinski definition) is 1. The first-order chi connectivity index (χ1) is 7.86. The number of nitrogens with zero attached hydrogens (tertiary/aromatic N) is 7. The van der Waals surface area contributed by atoms with Crippen LogP contribution in [-0.2, 0) is 4.79 Å². The summed E-state index contributed by atoms with van der Waals surface area (Å²) in [7, 11) is 0. The Balaban J connectivity index is 2.02. The fourth-order valence-corrected chi connectivity index (χ4v) is 1.70. The molecule has 9 nitrogen and oxygen atoms in total. The van der Waals surface area contributed by atoms with Crippen LogP contribution in [0.15, 0.2) is 12.7 Å². The first-order valence-electron chi connectivity index (χ1n) is 4.77. The largest absolute Gasteiger partial charge is 0.354 e. The van der Waals surface area contributed by atoms with E-state index in [-0.39, 0.29) is 11.9 Å². The van der Waals surface area contributed by atoms with E-state index >= 15 is 0 Å². The monoisotopic (exact) mass is 220 g/mol. The molecular formula is C7H8N8O. The number of tetrazole rings is 1. The average Bonchev–Trinajstić information content (AvgIpc) is 2.95. The zero-order chi connectivity index (χ0) is 11.0. The van der Waals surface area contributed by atoms with E-state index in [0.717, 1.165) is 0 Å². The van der Waals surface area contributed by atoms with Crippen molar-refractivity contribution in [2.45, 2.75) is 12.5 Å². The highest BCUT2D eigenvalue weighted by Gasteiger charge is 2.29. The van der Waals surface area contributed by atoms with Gasteiger partial charge in [0.1, 0.15) is 18.7 Å². The van der Waals surface area contributed by atoms with Crippen molar-refractivity contribution in [3.05, 3.63) is 12.7 Å². The van der Waals surface area contributed by atoms with Crippen molar-refractivity contribution in [1.82, 2.24) is 40.3 Å². The van der Waals surface area contributed by atoms with Gasteiger partial charge in [0.15, 0.2) is 0 Å². The van der Waals surface area contributed by atoms with Gasteiger partial charge in [0.25, 0.3) is 5.95 Å². The number of rotatable bonds is 2. The van der Waals surface area contributed by atoms with Crippen LogP contribution >= 0.6 is 0 Å². The van der Waals surface area contributed by atoms with Gasteiger partial charge in [-0.05, 0) is 16.8 Å². The lowest BCUT2D eigenvalue weighted by molar-refractivity contribution is -0.122. The predicted octanol–water partition coefficient (Wildman–Crippen LogP) is -1.69. The van der Waals surface area contributed by atoms with Crippen LogP contribution in [0.1, 0.15) is 12.5 Å². The van der Waals surface area contributed by atoms with Gasteiger partial charge in [0.2, 0.25) is 5.91 Å². The second kappa shape index (κ2) is 3.36. The summed E-state index contributed by atoms with van der Waals surface area (Å²) < 4.78 is 2.90. The van der Waals surface area contributed by atoms with E-state index in [1.54, 1.807) is 0 Å². The quantitative estimate of drug-likeness (QED) is 0.648. The van der Waals surface area contributed by atoms with Crippen LogP contribution in [0.5, 0.6) is 0 Å². The molecule has 0 radical (unpaired) electrons. The van der Waals surface area contributed by atoms with Crippen LogP contribution in [-0.4, -0.2) is 47.4 Å². The predicted molar refractivity (Wildman–Crippen MR) is 49.4 cm³/mol. The molecule has 0 saturated carbocycles. The molecule has 2 aromatic heterocycles. The number of nitrogens with one attached hydrogen (secondary N) is 1.